The Balaban J connectivity index is 1.95. The average Bonchev–Trinajstić information content (AvgIpc) is 2.43. The van der Waals surface area contributed by atoms with E-state index in [1.54, 1.807) is 12.1 Å². The van der Waals surface area contributed by atoms with Crippen molar-refractivity contribution >= 4 is 35.0 Å². The molecule has 0 unspecified atom stereocenters. The number of H-pyrrole nitrogens is 2. The van der Waals surface area contributed by atoms with Crippen LogP contribution < -0.4 is 15.9 Å². The van der Waals surface area contributed by atoms with Gasteiger partial charge in [0.05, 0.1) is 25.9 Å². The third kappa shape index (κ3) is 2.46. The first-order valence-electron chi connectivity index (χ1n) is 5.65. The van der Waals surface area contributed by atoms with Crippen LogP contribution in [0.2, 0.25) is 10.0 Å². The van der Waals surface area contributed by atoms with Crippen LogP contribution in [0.4, 0.5) is 0 Å². The molecule has 2 aromatic rings. The Morgan fingerprint density at radius 3 is 2.70 bits per heavy atom. The van der Waals surface area contributed by atoms with Crippen LogP contribution in [0.15, 0.2) is 32.8 Å². The standard InChI is InChI=1S/C12H8Cl2N2O3S/c13-5-1-8-9(2-6(5)14)20-10(4-19-8)7-3-15-11(17)12(18)16-7/h1-3,10H,4H2,(H,15,17)(H,16,18)/t10-/m0/s1. The number of aromatic nitrogens is 2. The zero-order valence-electron chi connectivity index (χ0n) is 9.91. The maximum absolute atomic E-state index is 11.3. The highest BCUT2D eigenvalue weighted by molar-refractivity contribution is 7.99. The maximum atomic E-state index is 11.3. The van der Waals surface area contributed by atoms with Crippen molar-refractivity contribution in [3.05, 3.63) is 54.8 Å². The Morgan fingerprint density at radius 1 is 1.20 bits per heavy atom. The molecule has 0 saturated heterocycles. The van der Waals surface area contributed by atoms with Gasteiger partial charge in [0.25, 0.3) is 0 Å². The molecule has 1 aromatic carbocycles. The van der Waals surface area contributed by atoms with Gasteiger partial charge in [0.15, 0.2) is 0 Å². The Labute approximate surface area is 127 Å². The summed E-state index contributed by atoms with van der Waals surface area (Å²) in [5.74, 6) is 0.660. The zero-order chi connectivity index (χ0) is 14.3. The summed E-state index contributed by atoms with van der Waals surface area (Å²) in [6.07, 6.45) is 1.48. The largest absolute Gasteiger partial charge is 0.491 e. The highest BCUT2D eigenvalue weighted by Gasteiger charge is 2.24. The third-order valence-corrected chi connectivity index (χ3v) is 4.79. The molecule has 5 nitrogen and oxygen atoms in total. The van der Waals surface area contributed by atoms with Crippen molar-refractivity contribution in [2.45, 2.75) is 10.1 Å². The van der Waals surface area contributed by atoms with Crippen molar-refractivity contribution in [2.24, 2.45) is 0 Å². The Kier molecular flexibility index (Phi) is 3.54. The van der Waals surface area contributed by atoms with Crippen molar-refractivity contribution in [3.8, 4) is 5.75 Å². The van der Waals surface area contributed by atoms with Crippen LogP contribution in [0.25, 0.3) is 0 Å². The number of hydrogen-bond donors (Lipinski definition) is 2. The minimum Gasteiger partial charge on any atom is -0.491 e. The van der Waals surface area contributed by atoms with Gasteiger partial charge in [0, 0.05) is 12.3 Å². The fourth-order valence-corrected chi connectivity index (χ4v) is 3.33. The van der Waals surface area contributed by atoms with Crippen LogP contribution in [-0.4, -0.2) is 16.6 Å². The van der Waals surface area contributed by atoms with E-state index in [4.69, 9.17) is 27.9 Å². The first kappa shape index (κ1) is 13.6. The van der Waals surface area contributed by atoms with E-state index in [1.807, 2.05) is 0 Å². The molecule has 20 heavy (non-hydrogen) atoms. The summed E-state index contributed by atoms with van der Waals surface area (Å²) < 4.78 is 5.62. The molecule has 0 bridgehead atoms. The fraction of sp³-hybridized carbons (Fsp3) is 0.167. The normalized spacial score (nSPS) is 17.4. The number of nitrogens with one attached hydrogen (secondary N) is 2. The Morgan fingerprint density at radius 2 is 1.95 bits per heavy atom. The molecule has 1 aromatic heterocycles. The molecule has 2 heterocycles. The van der Waals surface area contributed by atoms with Crippen molar-refractivity contribution in [1.82, 2.24) is 9.97 Å². The molecule has 3 rings (SSSR count). The molecule has 104 valence electrons. The lowest BCUT2D eigenvalue weighted by molar-refractivity contribution is 0.302. The van der Waals surface area contributed by atoms with Gasteiger partial charge in [-0.15, -0.1) is 11.8 Å². The molecule has 0 aliphatic carbocycles. The summed E-state index contributed by atoms with van der Waals surface area (Å²) in [7, 11) is 0. The maximum Gasteiger partial charge on any atom is 0.313 e. The van der Waals surface area contributed by atoms with E-state index < -0.39 is 11.1 Å². The summed E-state index contributed by atoms with van der Waals surface area (Å²) >= 11 is 13.4. The van der Waals surface area contributed by atoms with Gasteiger partial charge in [-0.2, -0.15) is 0 Å². The van der Waals surface area contributed by atoms with Crippen LogP contribution in [0.3, 0.4) is 0 Å². The SMILES string of the molecule is O=c1[nH]cc([C@@H]2COc3cc(Cl)c(Cl)cc3S2)[nH]c1=O. The number of rotatable bonds is 1. The minimum atomic E-state index is -0.678. The Hall–Kier alpha value is -1.37. The van der Waals surface area contributed by atoms with E-state index in [1.165, 1.54) is 18.0 Å². The van der Waals surface area contributed by atoms with Crippen molar-refractivity contribution in [3.63, 3.8) is 0 Å². The van der Waals surface area contributed by atoms with Gasteiger partial charge in [-0.1, -0.05) is 23.2 Å². The number of aromatic amines is 2. The van der Waals surface area contributed by atoms with Crippen LogP contribution in [0.1, 0.15) is 10.9 Å². The monoisotopic (exact) mass is 330 g/mol. The molecular weight excluding hydrogens is 323 g/mol. The molecule has 2 N–H and O–H groups in total. The summed E-state index contributed by atoms with van der Waals surface area (Å²) in [6, 6.07) is 3.39. The van der Waals surface area contributed by atoms with E-state index in [9.17, 15) is 9.59 Å². The molecule has 1 aliphatic rings. The lowest BCUT2D eigenvalue weighted by Crippen LogP contribution is -2.31. The van der Waals surface area contributed by atoms with E-state index >= 15 is 0 Å². The van der Waals surface area contributed by atoms with Crippen LogP contribution in [0, 0.1) is 0 Å². The first-order chi connectivity index (χ1) is 9.54. The molecule has 0 saturated carbocycles. The molecule has 0 amide bonds. The van der Waals surface area contributed by atoms with Gasteiger partial charge in [-0.3, -0.25) is 9.59 Å². The van der Waals surface area contributed by atoms with Gasteiger partial charge in [-0.05, 0) is 6.07 Å². The molecule has 0 radical (unpaired) electrons. The summed E-state index contributed by atoms with van der Waals surface area (Å²) in [6.45, 7) is 0.359. The zero-order valence-corrected chi connectivity index (χ0v) is 12.2. The number of benzene rings is 1. The summed E-state index contributed by atoms with van der Waals surface area (Å²) in [4.78, 5) is 28.2. The van der Waals surface area contributed by atoms with Crippen molar-refractivity contribution < 1.29 is 4.74 Å². The predicted molar refractivity (Wildman–Crippen MR) is 78.2 cm³/mol. The summed E-state index contributed by atoms with van der Waals surface area (Å²) in [5, 5.41) is 0.739. The van der Waals surface area contributed by atoms with Crippen molar-refractivity contribution in [1.29, 1.82) is 0 Å². The van der Waals surface area contributed by atoms with Gasteiger partial charge >= 0.3 is 11.1 Å². The molecule has 8 heteroatoms. The van der Waals surface area contributed by atoms with Crippen LogP contribution >= 0.6 is 35.0 Å². The molecule has 1 atom stereocenters. The minimum absolute atomic E-state index is 0.135. The fourth-order valence-electron chi connectivity index (χ4n) is 1.83. The second kappa shape index (κ2) is 5.20. The third-order valence-electron chi connectivity index (χ3n) is 2.82. The number of thioether (sulfide) groups is 1. The Bertz CT molecular complexity index is 787. The molecular formula is C12H8Cl2N2O3S. The topological polar surface area (TPSA) is 75.0 Å². The van der Waals surface area contributed by atoms with Gasteiger partial charge < -0.3 is 14.7 Å². The second-order valence-electron chi connectivity index (χ2n) is 4.16. The van der Waals surface area contributed by atoms with E-state index in [0.29, 0.717) is 28.1 Å². The van der Waals surface area contributed by atoms with E-state index in [2.05, 4.69) is 9.97 Å². The summed E-state index contributed by atoms with van der Waals surface area (Å²) in [5.41, 5.74) is -0.759. The first-order valence-corrected chi connectivity index (χ1v) is 7.28. The second-order valence-corrected chi connectivity index (χ2v) is 6.22. The number of ether oxygens (including phenoxy) is 1. The van der Waals surface area contributed by atoms with Gasteiger partial charge in [0.2, 0.25) is 0 Å². The number of halogens is 2. The van der Waals surface area contributed by atoms with Crippen LogP contribution in [-0.2, 0) is 0 Å². The lowest BCUT2D eigenvalue weighted by atomic mass is 10.3. The number of fused-ring (bicyclic) bond motifs is 1. The quantitative estimate of drug-likeness (QED) is 0.788. The molecule has 1 aliphatic heterocycles. The molecule has 0 fully saturated rings. The van der Waals surface area contributed by atoms with E-state index in [0.717, 1.165) is 4.90 Å². The number of hydrogen-bond acceptors (Lipinski definition) is 4. The lowest BCUT2D eigenvalue weighted by Gasteiger charge is -2.24. The van der Waals surface area contributed by atoms with Gasteiger partial charge in [-0.25, -0.2) is 0 Å². The van der Waals surface area contributed by atoms with Crippen LogP contribution in [0.5, 0.6) is 5.75 Å². The van der Waals surface area contributed by atoms with E-state index in [-0.39, 0.29) is 5.25 Å². The predicted octanol–water partition coefficient (Wildman–Crippen LogP) is 2.60. The van der Waals surface area contributed by atoms with Crippen molar-refractivity contribution in [2.75, 3.05) is 6.61 Å². The molecule has 0 spiro atoms. The highest BCUT2D eigenvalue weighted by Crippen LogP contribution is 2.46. The highest BCUT2D eigenvalue weighted by atomic mass is 35.5. The smallest absolute Gasteiger partial charge is 0.313 e. The average molecular weight is 331 g/mol. The van der Waals surface area contributed by atoms with Gasteiger partial charge in [0.1, 0.15) is 12.4 Å².